The molecule has 136 valence electrons. The van der Waals surface area contributed by atoms with Gasteiger partial charge in [0.15, 0.2) is 0 Å². The molecule has 10 heteroatoms. The SMILES string of the molecule is O=c1[nH]c(-c2cc(C(F)(F)F)c(Br)cc2C(F)(F)F)nc2ccccc12. The van der Waals surface area contributed by atoms with Crippen LogP contribution in [0.25, 0.3) is 22.3 Å². The molecule has 0 aliphatic rings. The highest BCUT2D eigenvalue weighted by atomic mass is 79.9. The second-order valence-corrected chi connectivity index (χ2v) is 6.16. The minimum atomic E-state index is -4.95. The lowest BCUT2D eigenvalue weighted by atomic mass is 10.0. The van der Waals surface area contributed by atoms with Crippen LogP contribution in [0.5, 0.6) is 0 Å². The predicted octanol–water partition coefficient (Wildman–Crippen LogP) is 5.39. The van der Waals surface area contributed by atoms with E-state index in [1.807, 2.05) is 0 Å². The largest absolute Gasteiger partial charge is 0.417 e. The average molecular weight is 437 g/mol. The zero-order valence-corrected chi connectivity index (χ0v) is 14.1. The number of fused-ring (bicyclic) bond motifs is 1. The van der Waals surface area contributed by atoms with E-state index in [2.05, 4.69) is 25.9 Å². The number of alkyl halides is 6. The first kappa shape index (κ1) is 18.4. The van der Waals surface area contributed by atoms with Crippen molar-refractivity contribution in [2.24, 2.45) is 0 Å². The van der Waals surface area contributed by atoms with Gasteiger partial charge in [-0.25, -0.2) is 4.98 Å². The van der Waals surface area contributed by atoms with Crippen LogP contribution in [0.1, 0.15) is 11.1 Å². The molecule has 0 radical (unpaired) electrons. The van der Waals surface area contributed by atoms with E-state index in [4.69, 9.17) is 0 Å². The minimum Gasteiger partial charge on any atom is -0.306 e. The maximum absolute atomic E-state index is 13.3. The van der Waals surface area contributed by atoms with Crippen molar-refractivity contribution in [2.45, 2.75) is 12.4 Å². The summed E-state index contributed by atoms with van der Waals surface area (Å²) in [5, 5.41) is 0.109. The van der Waals surface area contributed by atoms with Crippen LogP contribution in [0.15, 0.2) is 45.7 Å². The summed E-state index contributed by atoms with van der Waals surface area (Å²) in [5.74, 6) is -0.598. The smallest absolute Gasteiger partial charge is 0.306 e. The van der Waals surface area contributed by atoms with Gasteiger partial charge in [0.05, 0.1) is 22.0 Å². The van der Waals surface area contributed by atoms with Crippen molar-refractivity contribution in [3.05, 3.63) is 62.4 Å². The van der Waals surface area contributed by atoms with Crippen LogP contribution in [0.4, 0.5) is 26.3 Å². The summed E-state index contributed by atoms with van der Waals surface area (Å²) in [6.45, 7) is 0. The molecule has 0 saturated heterocycles. The van der Waals surface area contributed by atoms with Crippen molar-refractivity contribution < 1.29 is 26.3 Å². The number of nitrogens with one attached hydrogen (secondary N) is 1. The van der Waals surface area contributed by atoms with Gasteiger partial charge in [-0.15, -0.1) is 0 Å². The van der Waals surface area contributed by atoms with Gasteiger partial charge in [0.25, 0.3) is 5.56 Å². The van der Waals surface area contributed by atoms with Gasteiger partial charge in [-0.1, -0.05) is 28.1 Å². The highest BCUT2D eigenvalue weighted by Crippen LogP contribution is 2.43. The Hall–Kier alpha value is -2.36. The first-order valence-electron chi connectivity index (χ1n) is 6.96. The van der Waals surface area contributed by atoms with Crippen molar-refractivity contribution in [1.29, 1.82) is 0 Å². The molecule has 3 aromatic rings. The van der Waals surface area contributed by atoms with Crippen LogP contribution >= 0.6 is 15.9 Å². The van der Waals surface area contributed by atoms with E-state index in [0.717, 1.165) is 0 Å². The second kappa shape index (κ2) is 6.11. The Morgan fingerprint density at radius 3 is 2.15 bits per heavy atom. The van der Waals surface area contributed by atoms with Gasteiger partial charge in [-0.3, -0.25) is 4.79 Å². The molecule has 0 aliphatic carbocycles. The third-order valence-corrected chi connectivity index (χ3v) is 4.24. The zero-order valence-electron chi connectivity index (χ0n) is 12.5. The number of hydrogen-bond donors (Lipinski definition) is 1. The standard InChI is InChI=1S/C16H7BrF6N2O/c17-11-6-9(15(18,19)20)8(5-10(11)16(21,22)23)13-24-12-4-2-1-3-7(12)14(26)25-13/h1-6H,(H,24,25,26). The number of aromatic nitrogens is 2. The summed E-state index contributed by atoms with van der Waals surface area (Å²) in [6.07, 6.45) is -9.85. The second-order valence-electron chi connectivity index (χ2n) is 5.30. The number of para-hydroxylation sites is 1. The number of H-pyrrole nitrogens is 1. The summed E-state index contributed by atoms with van der Waals surface area (Å²) in [7, 11) is 0. The van der Waals surface area contributed by atoms with Crippen LogP contribution in [-0.4, -0.2) is 9.97 Å². The Morgan fingerprint density at radius 2 is 1.54 bits per heavy atom. The Morgan fingerprint density at radius 1 is 0.923 bits per heavy atom. The Bertz CT molecular complexity index is 1060. The van der Waals surface area contributed by atoms with Crippen LogP contribution in [0.2, 0.25) is 0 Å². The molecular weight excluding hydrogens is 430 g/mol. The maximum Gasteiger partial charge on any atom is 0.417 e. The first-order chi connectivity index (χ1) is 12.0. The first-order valence-corrected chi connectivity index (χ1v) is 7.75. The molecule has 0 aliphatic heterocycles. The normalized spacial score (nSPS) is 12.6. The monoisotopic (exact) mass is 436 g/mol. The molecule has 0 unspecified atom stereocenters. The van der Waals surface area contributed by atoms with E-state index < -0.39 is 44.9 Å². The molecule has 3 rings (SSSR count). The van der Waals surface area contributed by atoms with E-state index in [-0.39, 0.29) is 10.9 Å². The van der Waals surface area contributed by atoms with Gasteiger partial charge in [0.1, 0.15) is 5.82 Å². The Balaban J connectivity index is 2.38. The van der Waals surface area contributed by atoms with E-state index >= 15 is 0 Å². The number of aromatic amines is 1. The molecule has 1 heterocycles. The third-order valence-electron chi connectivity index (χ3n) is 3.59. The molecule has 0 saturated carbocycles. The molecular formula is C16H7BrF6N2O. The summed E-state index contributed by atoms with van der Waals surface area (Å²) in [6, 6.07) is 6.46. The number of nitrogens with zero attached hydrogens (tertiary/aromatic N) is 1. The highest BCUT2D eigenvalue weighted by Gasteiger charge is 2.39. The molecule has 3 nitrogen and oxygen atoms in total. The van der Waals surface area contributed by atoms with Crippen LogP contribution in [0, 0.1) is 0 Å². The van der Waals surface area contributed by atoms with Crippen molar-refractivity contribution in [2.75, 3.05) is 0 Å². The summed E-state index contributed by atoms with van der Waals surface area (Å²) < 4.78 is 78.5. The van der Waals surface area contributed by atoms with Gasteiger partial charge < -0.3 is 4.98 Å². The lowest BCUT2D eigenvalue weighted by Crippen LogP contribution is -2.15. The van der Waals surface area contributed by atoms with Crippen LogP contribution < -0.4 is 5.56 Å². The number of halogens is 7. The minimum absolute atomic E-state index is 0.0656. The quantitative estimate of drug-likeness (QED) is 0.519. The number of hydrogen-bond acceptors (Lipinski definition) is 2. The predicted molar refractivity (Wildman–Crippen MR) is 85.5 cm³/mol. The summed E-state index contributed by atoms with van der Waals surface area (Å²) >= 11 is 2.52. The Labute approximate surface area is 149 Å². The van der Waals surface area contributed by atoms with Crippen molar-refractivity contribution in [3.8, 4) is 11.4 Å². The fourth-order valence-electron chi connectivity index (χ4n) is 2.43. The molecule has 0 fully saturated rings. The van der Waals surface area contributed by atoms with Crippen LogP contribution in [-0.2, 0) is 12.4 Å². The van der Waals surface area contributed by atoms with Gasteiger partial charge in [-0.2, -0.15) is 26.3 Å². The molecule has 0 bridgehead atoms. The molecule has 0 amide bonds. The lowest BCUT2D eigenvalue weighted by molar-refractivity contribution is -0.141. The molecule has 2 aromatic carbocycles. The summed E-state index contributed by atoms with van der Waals surface area (Å²) in [5.41, 5.74) is -4.21. The van der Waals surface area contributed by atoms with E-state index in [1.165, 1.54) is 24.3 Å². The fourth-order valence-corrected chi connectivity index (χ4v) is 3.00. The van der Waals surface area contributed by atoms with Gasteiger partial charge in [-0.05, 0) is 24.3 Å². The topological polar surface area (TPSA) is 45.8 Å². The van der Waals surface area contributed by atoms with Crippen molar-refractivity contribution in [1.82, 2.24) is 9.97 Å². The third kappa shape index (κ3) is 3.33. The van der Waals surface area contributed by atoms with E-state index in [1.54, 1.807) is 0 Å². The highest BCUT2D eigenvalue weighted by molar-refractivity contribution is 9.10. The van der Waals surface area contributed by atoms with Gasteiger partial charge >= 0.3 is 12.4 Å². The van der Waals surface area contributed by atoms with Crippen molar-refractivity contribution in [3.63, 3.8) is 0 Å². The van der Waals surface area contributed by atoms with E-state index in [9.17, 15) is 31.1 Å². The zero-order chi connectivity index (χ0) is 19.3. The molecule has 1 aromatic heterocycles. The molecule has 26 heavy (non-hydrogen) atoms. The molecule has 1 N–H and O–H groups in total. The maximum atomic E-state index is 13.3. The Kier molecular flexibility index (Phi) is 4.33. The fraction of sp³-hybridized carbons (Fsp3) is 0.125. The van der Waals surface area contributed by atoms with E-state index in [0.29, 0.717) is 12.1 Å². The van der Waals surface area contributed by atoms with Gasteiger partial charge in [0, 0.05) is 10.0 Å². The van der Waals surface area contributed by atoms with Crippen molar-refractivity contribution >= 4 is 26.8 Å². The molecule has 0 spiro atoms. The van der Waals surface area contributed by atoms with Crippen LogP contribution in [0.3, 0.4) is 0 Å². The molecule has 0 atom stereocenters. The number of benzene rings is 2. The van der Waals surface area contributed by atoms with Gasteiger partial charge in [0.2, 0.25) is 0 Å². The average Bonchev–Trinajstić information content (AvgIpc) is 2.52. The lowest BCUT2D eigenvalue weighted by Gasteiger charge is -2.17. The number of rotatable bonds is 1. The summed E-state index contributed by atoms with van der Waals surface area (Å²) in [4.78, 5) is 18.1.